The highest BCUT2D eigenvalue weighted by molar-refractivity contribution is 5.96. The van der Waals surface area contributed by atoms with Gasteiger partial charge in [0.25, 0.3) is 0 Å². The van der Waals surface area contributed by atoms with Gasteiger partial charge in [-0.3, -0.25) is 4.79 Å². The quantitative estimate of drug-likeness (QED) is 0.636. The third-order valence-electron chi connectivity index (χ3n) is 3.97. The first-order chi connectivity index (χ1) is 8.86. The Bertz CT molecular complexity index is 328. The highest BCUT2D eigenvalue weighted by atomic mass is 16.1. The van der Waals surface area contributed by atoms with Crippen LogP contribution in [-0.2, 0) is 4.79 Å². The molecule has 0 saturated carbocycles. The van der Waals surface area contributed by atoms with E-state index >= 15 is 0 Å². The van der Waals surface area contributed by atoms with Crippen molar-refractivity contribution in [3.8, 4) is 0 Å². The van der Waals surface area contributed by atoms with Gasteiger partial charge >= 0.3 is 0 Å². The van der Waals surface area contributed by atoms with Crippen molar-refractivity contribution in [2.45, 2.75) is 66.7 Å². The topological polar surface area (TPSA) is 20.3 Å². The highest BCUT2D eigenvalue weighted by Gasteiger charge is 2.32. The summed E-state index contributed by atoms with van der Waals surface area (Å²) in [5.74, 6) is 1.01. The van der Waals surface area contributed by atoms with Gasteiger partial charge in [-0.2, -0.15) is 0 Å². The molecule has 2 heteroatoms. The summed E-state index contributed by atoms with van der Waals surface area (Å²) in [7, 11) is 0. The maximum absolute atomic E-state index is 12.4. The molecular weight excluding hydrogens is 234 g/mol. The molecule has 0 aromatic heterocycles. The van der Waals surface area contributed by atoms with E-state index in [4.69, 9.17) is 0 Å². The van der Waals surface area contributed by atoms with Crippen molar-refractivity contribution >= 4 is 5.78 Å². The van der Waals surface area contributed by atoms with Gasteiger partial charge in [-0.05, 0) is 24.2 Å². The summed E-state index contributed by atoms with van der Waals surface area (Å²) in [6.07, 6.45) is 7.33. The Hall–Kier alpha value is -0.790. The molecule has 19 heavy (non-hydrogen) atoms. The number of rotatable bonds is 7. The third kappa shape index (κ3) is 5.00. The molecule has 0 atom stereocenters. The molecule has 1 aliphatic heterocycles. The van der Waals surface area contributed by atoms with Crippen LogP contribution in [0.25, 0.3) is 0 Å². The van der Waals surface area contributed by atoms with Crippen LogP contribution >= 0.6 is 0 Å². The van der Waals surface area contributed by atoms with E-state index in [-0.39, 0.29) is 5.41 Å². The monoisotopic (exact) mass is 265 g/mol. The minimum atomic E-state index is 0.0524. The average molecular weight is 265 g/mol. The van der Waals surface area contributed by atoms with Crippen LogP contribution in [0.4, 0.5) is 0 Å². The Kier molecular flexibility index (Phi) is 6.09. The van der Waals surface area contributed by atoms with Crippen molar-refractivity contribution in [1.82, 2.24) is 4.90 Å². The summed E-state index contributed by atoms with van der Waals surface area (Å²) in [4.78, 5) is 14.8. The fourth-order valence-electron chi connectivity index (χ4n) is 2.71. The van der Waals surface area contributed by atoms with Gasteiger partial charge in [0.15, 0.2) is 5.78 Å². The first-order valence-corrected chi connectivity index (χ1v) is 7.86. The number of allylic oxidation sites excluding steroid dienone is 1. The maximum Gasteiger partial charge on any atom is 0.160 e. The van der Waals surface area contributed by atoms with E-state index in [0.29, 0.717) is 11.7 Å². The van der Waals surface area contributed by atoms with Gasteiger partial charge in [-0.25, -0.2) is 0 Å². The minimum Gasteiger partial charge on any atom is -0.377 e. The van der Waals surface area contributed by atoms with Crippen LogP contribution in [0.1, 0.15) is 66.7 Å². The van der Waals surface area contributed by atoms with E-state index in [1.54, 1.807) is 0 Å². The average Bonchev–Trinajstić information content (AvgIpc) is 2.31. The summed E-state index contributed by atoms with van der Waals surface area (Å²) in [5, 5.41) is 0. The van der Waals surface area contributed by atoms with E-state index in [1.807, 2.05) is 0 Å². The van der Waals surface area contributed by atoms with Gasteiger partial charge in [0.2, 0.25) is 0 Å². The molecule has 1 heterocycles. The summed E-state index contributed by atoms with van der Waals surface area (Å²) in [6.45, 7) is 13.2. The molecular formula is C17H31NO. The Balaban J connectivity index is 2.73. The summed E-state index contributed by atoms with van der Waals surface area (Å²) >= 11 is 0. The van der Waals surface area contributed by atoms with Gasteiger partial charge in [0.1, 0.15) is 0 Å². The third-order valence-corrected chi connectivity index (χ3v) is 3.97. The van der Waals surface area contributed by atoms with Gasteiger partial charge < -0.3 is 4.90 Å². The number of carbonyl (C=O) groups excluding carboxylic acids is 1. The molecule has 0 saturated heterocycles. The summed E-state index contributed by atoms with van der Waals surface area (Å²) in [6, 6.07) is 0. The Morgan fingerprint density at radius 3 is 2.63 bits per heavy atom. The lowest BCUT2D eigenvalue weighted by molar-refractivity contribution is -0.117. The van der Waals surface area contributed by atoms with Crippen LogP contribution in [0.2, 0.25) is 0 Å². The van der Waals surface area contributed by atoms with Gasteiger partial charge in [0.05, 0.1) is 0 Å². The molecule has 0 aliphatic carbocycles. The van der Waals surface area contributed by atoms with E-state index in [1.165, 1.54) is 6.42 Å². The number of ketones is 1. The molecule has 0 unspecified atom stereocenters. The highest BCUT2D eigenvalue weighted by Crippen LogP contribution is 2.36. The second-order valence-electron chi connectivity index (χ2n) is 6.95. The first kappa shape index (κ1) is 16.3. The molecule has 2 nitrogen and oxygen atoms in total. The molecule has 0 amide bonds. The zero-order valence-corrected chi connectivity index (χ0v) is 13.5. The van der Waals surface area contributed by atoms with Crippen molar-refractivity contribution < 1.29 is 4.79 Å². The molecule has 0 spiro atoms. The van der Waals surface area contributed by atoms with Gasteiger partial charge in [-0.1, -0.05) is 47.5 Å². The molecule has 110 valence electrons. The van der Waals surface area contributed by atoms with Crippen molar-refractivity contribution in [2.75, 3.05) is 13.1 Å². The number of nitrogens with zero attached hydrogens (tertiary/aromatic N) is 1. The predicted molar refractivity (Wildman–Crippen MR) is 82.0 cm³/mol. The van der Waals surface area contributed by atoms with Crippen molar-refractivity contribution in [2.24, 2.45) is 11.3 Å². The molecule has 0 aromatic carbocycles. The molecule has 0 fully saturated rings. The molecule has 0 bridgehead atoms. The lowest BCUT2D eigenvalue weighted by Crippen LogP contribution is -2.36. The van der Waals surface area contributed by atoms with E-state index < -0.39 is 0 Å². The number of Topliss-reactive ketones (excluding diaryl/α,β-unsaturated/α-hetero) is 1. The Morgan fingerprint density at radius 1 is 1.37 bits per heavy atom. The Morgan fingerprint density at radius 2 is 2.05 bits per heavy atom. The fourth-order valence-corrected chi connectivity index (χ4v) is 2.71. The first-order valence-electron chi connectivity index (χ1n) is 7.86. The van der Waals surface area contributed by atoms with Crippen molar-refractivity contribution in [1.29, 1.82) is 0 Å². The van der Waals surface area contributed by atoms with Crippen LogP contribution in [0, 0.1) is 11.3 Å². The number of hydrogen-bond donors (Lipinski definition) is 0. The lowest BCUT2D eigenvalue weighted by atomic mass is 9.76. The molecule has 0 N–H and O–H groups in total. The SMILES string of the molecule is CCCCCC(=O)C1=CN(CC(C)C)CCC1(C)C. The van der Waals surface area contributed by atoms with Gasteiger partial charge in [-0.15, -0.1) is 0 Å². The number of hydrogen-bond acceptors (Lipinski definition) is 2. The lowest BCUT2D eigenvalue weighted by Gasteiger charge is -2.37. The van der Waals surface area contributed by atoms with E-state index in [9.17, 15) is 4.79 Å². The minimum absolute atomic E-state index is 0.0524. The smallest absolute Gasteiger partial charge is 0.160 e. The zero-order chi connectivity index (χ0) is 14.5. The van der Waals surface area contributed by atoms with E-state index in [2.05, 4.69) is 45.7 Å². The zero-order valence-electron chi connectivity index (χ0n) is 13.5. The molecule has 0 radical (unpaired) electrons. The summed E-state index contributed by atoms with van der Waals surface area (Å²) in [5.41, 5.74) is 1.10. The summed E-state index contributed by atoms with van der Waals surface area (Å²) < 4.78 is 0. The normalized spacial score (nSPS) is 18.6. The van der Waals surface area contributed by atoms with Crippen LogP contribution in [0.5, 0.6) is 0 Å². The van der Waals surface area contributed by atoms with Crippen LogP contribution in [0.3, 0.4) is 0 Å². The number of carbonyl (C=O) groups is 1. The van der Waals surface area contributed by atoms with E-state index in [0.717, 1.165) is 44.3 Å². The molecule has 1 rings (SSSR count). The van der Waals surface area contributed by atoms with Crippen molar-refractivity contribution in [3.05, 3.63) is 11.8 Å². The molecule has 0 aromatic rings. The van der Waals surface area contributed by atoms with Crippen LogP contribution < -0.4 is 0 Å². The largest absolute Gasteiger partial charge is 0.377 e. The second-order valence-corrected chi connectivity index (χ2v) is 6.95. The number of unbranched alkanes of at least 4 members (excludes halogenated alkanes) is 2. The standard InChI is InChI=1S/C17H31NO/c1-6-7-8-9-16(19)15-13-18(12-14(2)3)11-10-17(15,4)5/h13-14H,6-12H2,1-5H3. The van der Waals surface area contributed by atoms with Crippen molar-refractivity contribution in [3.63, 3.8) is 0 Å². The maximum atomic E-state index is 12.4. The van der Waals surface area contributed by atoms with Crippen LogP contribution in [-0.4, -0.2) is 23.8 Å². The second kappa shape index (κ2) is 7.12. The van der Waals surface area contributed by atoms with Gasteiger partial charge in [0, 0.05) is 31.3 Å². The van der Waals surface area contributed by atoms with Crippen LogP contribution in [0.15, 0.2) is 11.8 Å². The predicted octanol–water partition coefficient (Wildman–Crippen LogP) is 4.41. The fraction of sp³-hybridized carbons (Fsp3) is 0.824. The molecule has 1 aliphatic rings. The Labute approximate surface area is 119 Å².